The first-order valence-corrected chi connectivity index (χ1v) is 11.3. The van der Waals surface area contributed by atoms with Crippen molar-refractivity contribution >= 4 is 34.1 Å². The second kappa shape index (κ2) is 10.7. The van der Waals surface area contributed by atoms with Gasteiger partial charge in [-0.3, -0.25) is 4.79 Å². The molecule has 4 N–H and O–H groups in total. The molecule has 8 heteroatoms. The Hall–Kier alpha value is -3.05. The van der Waals surface area contributed by atoms with E-state index in [0.717, 1.165) is 23.9 Å². The van der Waals surface area contributed by atoms with Crippen molar-refractivity contribution in [2.75, 3.05) is 31.9 Å². The van der Waals surface area contributed by atoms with Crippen LogP contribution in [0.15, 0.2) is 28.8 Å². The third-order valence-corrected chi connectivity index (χ3v) is 5.82. The Morgan fingerprint density at radius 3 is 2.67 bits per heavy atom. The molecule has 2 heterocycles. The first kappa shape index (κ1) is 24.6. The number of halogens is 1. The van der Waals surface area contributed by atoms with Gasteiger partial charge in [0.2, 0.25) is 0 Å². The monoisotopic (exact) mass is 468 g/mol. The number of nitrogens with two attached hydrogens (primary N) is 1. The van der Waals surface area contributed by atoms with Crippen LogP contribution in [0.3, 0.4) is 0 Å². The van der Waals surface area contributed by atoms with Crippen molar-refractivity contribution in [1.29, 1.82) is 0 Å². The van der Waals surface area contributed by atoms with Gasteiger partial charge in [-0.15, -0.1) is 0 Å². The van der Waals surface area contributed by atoms with E-state index < -0.39 is 6.10 Å². The Bertz CT molecular complexity index is 1220. The highest BCUT2D eigenvalue weighted by Gasteiger charge is 2.20. The molecule has 1 unspecified atom stereocenters. The third-order valence-electron chi connectivity index (χ3n) is 5.59. The van der Waals surface area contributed by atoms with Crippen LogP contribution in [0.2, 0.25) is 5.02 Å². The highest BCUT2D eigenvalue weighted by atomic mass is 35.5. The van der Waals surface area contributed by atoms with E-state index >= 15 is 0 Å². The summed E-state index contributed by atoms with van der Waals surface area (Å²) < 4.78 is 5.71. The lowest BCUT2D eigenvalue weighted by atomic mass is 10.1. The topological polar surface area (TPSA) is 105 Å². The summed E-state index contributed by atoms with van der Waals surface area (Å²) in [5.74, 6) is 6.79. The molecule has 3 aromatic rings. The number of benzene rings is 1. The minimum Gasteiger partial charge on any atom is -0.455 e. The van der Waals surface area contributed by atoms with Gasteiger partial charge >= 0.3 is 0 Å². The van der Waals surface area contributed by atoms with Gasteiger partial charge in [-0.05, 0) is 39.1 Å². The van der Waals surface area contributed by atoms with E-state index in [4.69, 9.17) is 21.8 Å². The Morgan fingerprint density at radius 2 is 1.97 bits per heavy atom. The lowest BCUT2D eigenvalue weighted by Crippen LogP contribution is -2.40. The number of nitrogens with zero attached hydrogens (tertiary/aromatic N) is 2. The number of pyridine rings is 1. The summed E-state index contributed by atoms with van der Waals surface area (Å²) in [5, 5.41) is 15.2. The Balaban J connectivity index is 1.82. The second-order valence-corrected chi connectivity index (χ2v) is 8.27. The summed E-state index contributed by atoms with van der Waals surface area (Å²) in [6.07, 6.45) is 1.01. The maximum absolute atomic E-state index is 12.7. The molecule has 0 saturated heterocycles. The molecule has 174 valence electrons. The third kappa shape index (κ3) is 5.66. The number of hydrogen-bond donors (Lipinski definition) is 3. The maximum Gasteiger partial charge on any atom is 0.287 e. The molecule has 0 fully saturated rings. The fourth-order valence-electron chi connectivity index (χ4n) is 3.65. The molecule has 0 aliphatic carbocycles. The largest absolute Gasteiger partial charge is 0.455 e. The lowest BCUT2D eigenvalue weighted by Gasteiger charge is -2.21. The van der Waals surface area contributed by atoms with Gasteiger partial charge in [0.1, 0.15) is 11.6 Å². The van der Waals surface area contributed by atoms with Gasteiger partial charge in [0, 0.05) is 40.6 Å². The number of aliphatic hydroxyl groups is 1. The van der Waals surface area contributed by atoms with Crippen molar-refractivity contribution < 1.29 is 14.3 Å². The van der Waals surface area contributed by atoms with Crippen LogP contribution in [-0.4, -0.2) is 53.2 Å². The molecule has 0 bridgehead atoms. The Kier molecular flexibility index (Phi) is 7.98. The highest BCUT2D eigenvalue weighted by Crippen LogP contribution is 2.26. The van der Waals surface area contributed by atoms with Crippen LogP contribution >= 0.6 is 11.6 Å². The summed E-state index contributed by atoms with van der Waals surface area (Å²) in [6.45, 7) is 9.89. The van der Waals surface area contributed by atoms with Crippen LogP contribution in [-0.2, 0) is 0 Å². The van der Waals surface area contributed by atoms with Crippen molar-refractivity contribution in [3.05, 3.63) is 57.6 Å². The van der Waals surface area contributed by atoms with Gasteiger partial charge in [0.15, 0.2) is 5.76 Å². The first-order valence-electron chi connectivity index (χ1n) is 10.9. The zero-order valence-electron chi connectivity index (χ0n) is 19.3. The van der Waals surface area contributed by atoms with Gasteiger partial charge in [-0.1, -0.05) is 43.4 Å². The van der Waals surface area contributed by atoms with E-state index in [1.54, 1.807) is 32.2 Å². The van der Waals surface area contributed by atoms with E-state index in [1.165, 1.54) is 0 Å². The minimum absolute atomic E-state index is 0.133. The molecule has 0 radical (unpaired) electrons. The zero-order valence-corrected chi connectivity index (χ0v) is 20.1. The smallest absolute Gasteiger partial charge is 0.287 e. The van der Waals surface area contributed by atoms with Crippen LogP contribution in [0.4, 0.5) is 5.82 Å². The number of aryl methyl sites for hydroxylation is 1. The van der Waals surface area contributed by atoms with E-state index in [0.29, 0.717) is 39.8 Å². The van der Waals surface area contributed by atoms with E-state index in [2.05, 4.69) is 27.0 Å². The molecule has 33 heavy (non-hydrogen) atoms. The second-order valence-electron chi connectivity index (χ2n) is 7.84. The van der Waals surface area contributed by atoms with Gasteiger partial charge in [0.25, 0.3) is 5.91 Å². The number of amides is 1. The highest BCUT2D eigenvalue weighted by molar-refractivity contribution is 6.31. The van der Waals surface area contributed by atoms with Gasteiger partial charge in [-0.25, -0.2) is 4.98 Å². The van der Waals surface area contributed by atoms with Crippen molar-refractivity contribution in [2.24, 2.45) is 0 Å². The maximum atomic E-state index is 12.7. The number of aliphatic hydroxyl groups excluding tert-OH is 1. The number of rotatable bonds is 7. The van der Waals surface area contributed by atoms with Gasteiger partial charge in [0.05, 0.1) is 17.2 Å². The summed E-state index contributed by atoms with van der Waals surface area (Å²) in [5.41, 5.74) is 7.89. The normalized spacial score (nSPS) is 12.0. The average Bonchev–Trinajstić information content (AvgIpc) is 3.08. The standard InChI is InChI=1S/C25H29ClN4O3/c1-5-30(6-2)14-19(31)13-29-25(32)23-15(3)20(16(4)33-23)9-10-21-22-11-18(26)8-7-17(22)12-28-24(21)27/h7-8,11-12,19,31H,5-6,13-14H2,1-4H3,(H2,27,28)(H,29,32). The van der Waals surface area contributed by atoms with Crippen LogP contribution in [0.5, 0.6) is 0 Å². The summed E-state index contributed by atoms with van der Waals surface area (Å²) in [7, 11) is 0. The Labute approximate surface area is 198 Å². The molecule has 1 atom stereocenters. The van der Waals surface area contributed by atoms with Crippen LogP contribution in [0.25, 0.3) is 10.8 Å². The van der Waals surface area contributed by atoms with Crippen molar-refractivity contribution in [1.82, 2.24) is 15.2 Å². The first-order chi connectivity index (χ1) is 15.7. The van der Waals surface area contributed by atoms with Gasteiger partial charge in [-0.2, -0.15) is 0 Å². The number of likely N-dealkylation sites (N-methyl/N-ethyl adjacent to an activating group) is 1. The number of nitrogen functional groups attached to an aromatic ring is 1. The van der Waals surface area contributed by atoms with E-state index in [1.807, 2.05) is 19.9 Å². The molecule has 7 nitrogen and oxygen atoms in total. The molecule has 0 spiro atoms. The number of anilines is 1. The molecule has 3 rings (SSSR count). The molecule has 0 saturated carbocycles. The van der Waals surface area contributed by atoms with Gasteiger partial charge < -0.3 is 25.5 Å². The molecular formula is C25H29ClN4O3. The SMILES string of the molecule is CCN(CC)CC(O)CNC(=O)c1oc(C)c(C#Cc2c(N)ncc3ccc(Cl)cc23)c1C. The van der Waals surface area contributed by atoms with Crippen LogP contribution in [0.1, 0.15) is 46.9 Å². The molecule has 2 aromatic heterocycles. The molecule has 1 amide bonds. The molecule has 0 aliphatic rings. The van der Waals surface area contributed by atoms with E-state index in [9.17, 15) is 9.90 Å². The number of furan rings is 1. The zero-order chi connectivity index (χ0) is 24.1. The number of fused-ring (bicyclic) bond motifs is 1. The fourth-order valence-corrected chi connectivity index (χ4v) is 3.82. The molecule has 1 aromatic carbocycles. The number of nitrogens with one attached hydrogen (secondary N) is 1. The number of carbonyl (C=O) groups excluding carboxylic acids is 1. The number of hydrogen-bond acceptors (Lipinski definition) is 6. The van der Waals surface area contributed by atoms with E-state index in [-0.39, 0.29) is 18.2 Å². The Morgan fingerprint density at radius 1 is 1.27 bits per heavy atom. The molecule has 0 aliphatic heterocycles. The van der Waals surface area contributed by atoms with Crippen molar-refractivity contribution in [2.45, 2.75) is 33.8 Å². The molecular weight excluding hydrogens is 440 g/mol. The van der Waals surface area contributed by atoms with Crippen molar-refractivity contribution in [3.8, 4) is 11.8 Å². The van der Waals surface area contributed by atoms with Crippen LogP contribution < -0.4 is 11.1 Å². The number of carbonyl (C=O) groups is 1. The summed E-state index contributed by atoms with van der Waals surface area (Å²) in [6, 6.07) is 5.45. The lowest BCUT2D eigenvalue weighted by molar-refractivity contribution is 0.0844. The van der Waals surface area contributed by atoms with Crippen LogP contribution in [0, 0.1) is 25.7 Å². The quantitative estimate of drug-likeness (QED) is 0.458. The average molecular weight is 469 g/mol. The predicted molar refractivity (Wildman–Crippen MR) is 131 cm³/mol. The summed E-state index contributed by atoms with van der Waals surface area (Å²) in [4.78, 5) is 19.0. The predicted octanol–water partition coefficient (Wildman–Crippen LogP) is 3.51. The number of aromatic nitrogens is 1. The van der Waals surface area contributed by atoms with Crippen molar-refractivity contribution in [3.63, 3.8) is 0 Å². The fraction of sp³-hybridized carbons (Fsp3) is 0.360. The summed E-state index contributed by atoms with van der Waals surface area (Å²) >= 11 is 6.16. The minimum atomic E-state index is -0.668.